The number of rotatable bonds is 10. The molecule has 1 aliphatic rings. The van der Waals surface area contributed by atoms with Crippen LogP contribution in [0.2, 0.25) is 5.02 Å². The van der Waals surface area contributed by atoms with Gasteiger partial charge in [0.25, 0.3) is 0 Å². The number of nitrogens with zero attached hydrogens (tertiary/aromatic N) is 3. The third-order valence-corrected chi connectivity index (χ3v) is 7.19. The van der Waals surface area contributed by atoms with E-state index in [4.69, 9.17) is 21.0 Å². The summed E-state index contributed by atoms with van der Waals surface area (Å²) in [6, 6.07) is 18.5. The molecule has 1 aromatic heterocycles. The van der Waals surface area contributed by atoms with Crippen LogP contribution in [0.5, 0.6) is 0 Å². The van der Waals surface area contributed by atoms with Gasteiger partial charge in [0.15, 0.2) is 0 Å². The minimum absolute atomic E-state index is 0.0725. The van der Waals surface area contributed by atoms with E-state index in [0.29, 0.717) is 23.5 Å². The first kappa shape index (κ1) is 26.4. The number of oxazole rings is 1. The van der Waals surface area contributed by atoms with E-state index in [1.807, 2.05) is 37.3 Å². The molecule has 0 bridgehead atoms. The molecule has 192 valence electrons. The molecule has 1 saturated heterocycles. The number of amides is 1. The highest BCUT2D eigenvalue weighted by Gasteiger charge is 2.26. The quantitative estimate of drug-likeness (QED) is 0.389. The normalized spacial score (nSPS) is 15.1. The Morgan fingerprint density at radius 3 is 2.61 bits per heavy atom. The highest BCUT2D eigenvalue weighted by molar-refractivity contribution is 6.30. The average molecular weight is 509 g/mol. The van der Waals surface area contributed by atoms with Gasteiger partial charge in [-0.3, -0.25) is 14.6 Å². The Labute approximate surface area is 219 Å². The summed E-state index contributed by atoms with van der Waals surface area (Å²) in [6.45, 7) is 11.3. The van der Waals surface area contributed by atoms with Gasteiger partial charge in [0.05, 0.1) is 5.69 Å². The van der Waals surface area contributed by atoms with E-state index in [9.17, 15) is 4.79 Å². The van der Waals surface area contributed by atoms with Gasteiger partial charge in [0.1, 0.15) is 5.76 Å². The Bertz CT molecular complexity index is 1120. The topological polar surface area (TPSA) is 61.6 Å². The Kier molecular flexibility index (Phi) is 9.19. The Morgan fingerprint density at radius 1 is 1.17 bits per heavy atom. The van der Waals surface area contributed by atoms with Gasteiger partial charge in [-0.1, -0.05) is 48.0 Å². The summed E-state index contributed by atoms with van der Waals surface area (Å²) < 4.78 is 5.91. The fraction of sp³-hybridized carbons (Fsp3) is 0.448. The van der Waals surface area contributed by atoms with Gasteiger partial charge in [0.2, 0.25) is 11.8 Å². The summed E-state index contributed by atoms with van der Waals surface area (Å²) >= 11 is 6.12. The summed E-state index contributed by atoms with van der Waals surface area (Å²) in [4.78, 5) is 22.3. The van der Waals surface area contributed by atoms with Crippen LogP contribution in [0.1, 0.15) is 43.7 Å². The smallest absolute Gasteiger partial charge is 0.226 e. The summed E-state index contributed by atoms with van der Waals surface area (Å²) in [5.74, 6) is 1.68. The largest absolute Gasteiger partial charge is 0.441 e. The molecule has 0 atom stereocenters. The Hall–Kier alpha value is -2.67. The minimum atomic E-state index is 0.0725. The maximum atomic E-state index is 12.8. The molecule has 0 spiro atoms. The molecule has 36 heavy (non-hydrogen) atoms. The van der Waals surface area contributed by atoms with Crippen LogP contribution in [0.4, 0.5) is 0 Å². The predicted molar refractivity (Wildman–Crippen MR) is 145 cm³/mol. The van der Waals surface area contributed by atoms with Crippen molar-refractivity contribution in [2.45, 2.75) is 52.7 Å². The number of likely N-dealkylation sites (tertiary alicyclic amines) is 1. The SMILES string of the molecule is Cc1oc(-c2cccc(Cl)c2)nc1CN1CCC(C(=O)NCCN(Cc2ccccc2)C(C)C)CC1. The van der Waals surface area contributed by atoms with Crippen molar-refractivity contribution in [2.24, 2.45) is 5.92 Å². The van der Waals surface area contributed by atoms with Gasteiger partial charge < -0.3 is 9.73 Å². The second kappa shape index (κ2) is 12.5. The molecule has 4 rings (SSSR count). The van der Waals surface area contributed by atoms with Crippen LogP contribution in [0.25, 0.3) is 11.5 Å². The number of piperidine rings is 1. The van der Waals surface area contributed by atoms with Gasteiger partial charge in [-0.2, -0.15) is 0 Å². The van der Waals surface area contributed by atoms with Crippen LogP contribution >= 0.6 is 11.6 Å². The van der Waals surface area contributed by atoms with Gasteiger partial charge >= 0.3 is 0 Å². The van der Waals surface area contributed by atoms with E-state index >= 15 is 0 Å². The van der Waals surface area contributed by atoms with Crippen molar-refractivity contribution in [1.82, 2.24) is 20.1 Å². The second-order valence-corrected chi connectivity index (χ2v) is 10.4. The molecule has 1 fully saturated rings. The van der Waals surface area contributed by atoms with Crippen molar-refractivity contribution >= 4 is 17.5 Å². The predicted octanol–water partition coefficient (Wildman–Crippen LogP) is 5.54. The van der Waals surface area contributed by atoms with Gasteiger partial charge in [-0.05, 0) is 70.5 Å². The lowest BCUT2D eigenvalue weighted by Gasteiger charge is -2.31. The highest BCUT2D eigenvalue weighted by atomic mass is 35.5. The summed E-state index contributed by atoms with van der Waals surface area (Å²) in [6.07, 6.45) is 1.73. The second-order valence-electron chi connectivity index (χ2n) is 9.92. The summed E-state index contributed by atoms with van der Waals surface area (Å²) in [7, 11) is 0. The maximum Gasteiger partial charge on any atom is 0.226 e. The van der Waals surface area contributed by atoms with Crippen molar-refractivity contribution in [2.75, 3.05) is 26.2 Å². The van der Waals surface area contributed by atoms with Crippen molar-refractivity contribution in [3.63, 3.8) is 0 Å². The standard InChI is InChI=1S/C29H37ClN4O2/c1-21(2)34(19-23-8-5-4-6-9-23)17-14-31-28(35)24-12-15-33(16-13-24)20-27-22(3)36-29(32-27)25-10-7-11-26(30)18-25/h4-11,18,21,24H,12-17,19-20H2,1-3H3,(H,31,35). The van der Waals surface area contributed by atoms with E-state index in [1.165, 1.54) is 5.56 Å². The van der Waals surface area contributed by atoms with E-state index in [-0.39, 0.29) is 11.8 Å². The average Bonchev–Trinajstić information content (AvgIpc) is 3.24. The van der Waals surface area contributed by atoms with E-state index in [0.717, 1.165) is 62.6 Å². The molecule has 0 radical (unpaired) electrons. The van der Waals surface area contributed by atoms with Crippen LogP contribution in [-0.2, 0) is 17.9 Å². The van der Waals surface area contributed by atoms with E-state index in [2.05, 4.69) is 53.2 Å². The molecular formula is C29H37ClN4O2. The molecule has 6 nitrogen and oxygen atoms in total. The van der Waals surface area contributed by atoms with Crippen molar-refractivity contribution < 1.29 is 9.21 Å². The zero-order valence-corrected chi connectivity index (χ0v) is 22.3. The third-order valence-electron chi connectivity index (χ3n) is 6.95. The van der Waals surface area contributed by atoms with Crippen LogP contribution in [0.3, 0.4) is 0 Å². The minimum Gasteiger partial charge on any atom is -0.441 e. The number of nitrogens with one attached hydrogen (secondary N) is 1. The first-order valence-electron chi connectivity index (χ1n) is 12.9. The zero-order chi connectivity index (χ0) is 25.5. The first-order chi connectivity index (χ1) is 17.4. The molecule has 3 aromatic rings. The lowest BCUT2D eigenvalue weighted by atomic mass is 9.96. The fourth-order valence-electron chi connectivity index (χ4n) is 4.69. The molecule has 2 aromatic carbocycles. The molecule has 0 saturated carbocycles. The first-order valence-corrected chi connectivity index (χ1v) is 13.3. The number of aryl methyl sites for hydroxylation is 1. The maximum absolute atomic E-state index is 12.8. The highest BCUT2D eigenvalue weighted by Crippen LogP contribution is 2.26. The molecule has 2 heterocycles. The number of carbonyl (C=O) groups excluding carboxylic acids is 1. The van der Waals surface area contributed by atoms with Crippen LogP contribution in [0.15, 0.2) is 59.0 Å². The molecule has 1 N–H and O–H groups in total. The number of aromatic nitrogens is 1. The van der Waals surface area contributed by atoms with Crippen molar-refractivity contribution in [3.05, 3.63) is 76.6 Å². The lowest BCUT2D eigenvalue weighted by Crippen LogP contribution is -2.43. The monoisotopic (exact) mass is 508 g/mol. The van der Waals surface area contributed by atoms with Gasteiger partial charge in [-0.25, -0.2) is 4.98 Å². The lowest BCUT2D eigenvalue weighted by molar-refractivity contribution is -0.126. The van der Waals surface area contributed by atoms with Gasteiger partial charge in [0, 0.05) is 48.7 Å². The van der Waals surface area contributed by atoms with Gasteiger partial charge in [-0.15, -0.1) is 0 Å². The summed E-state index contributed by atoms with van der Waals surface area (Å²) in [5.41, 5.74) is 3.12. The zero-order valence-electron chi connectivity index (χ0n) is 21.5. The number of halogens is 1. The summed E-state index contributed by atoms with van der Waals surface area (Å²) in [5, 5.41) is 3.85. The van der Waals surface area contributed by atoms with Crippen molar-refractivity contribution in [1.29, 1.82) is 0 Å². The third kappa shape index (κ3) is 7.19. The van der Waals surface area contributed by atoms with Crippen LogP contribution < -0.4 is 5.32 Å². The molecule has 1 aliphatic heterocycles. The number of hydrogen-bond donors (Lipinski definition) is 1. The molecular weight excluding hydrogens is 472 g/mol. The Morgan fingerprint density at radius 2 is 1.92 bits per heavy atom. The number of hydrogen-bond acceptors (Lipinski definition) is 5. The number of carbonyl (C=O) groups is 1. The number of benzene rings is 2. The van der Waals surface area contributed by atoms with Crippen LogP contribution in [0, 0.1) is 12.8 Å². The molecule has 0 aliphatic carbocycles. The van der Waals surface area contributed by atoms with Crippen molar-refractivity contribution in [3.8, 4) is 11.5 Å². The molecule has 1 amide bonds. The molecule has 0 unspecified atom stereocenters. The fourth-order valence-corrected chi connectivity index (χ4v) is 4.88. The van der Waals surface area contributed by atoms with Crippen LogP contribution in [-0.4, -0.2) is 52.9 Å². The molecule has 7 heteroatoms. The van der Waals surface area contributed by atoms with E-state index in [1.54, 1.807) is 0 Å². The van der Waals surface area contributed by atoms with E-state index < -0.39 is 0 Å². The Balaban J connectivity index is 1.22.